The average Bonchev–Trinajstić information content (AvgIpc) is 2.89. The summed E-state index contributed by atoms with van der Waals surface area (Å²) in [6.07, 6.45) is 7.58. The van der Waals surface area contributed by atoms with Gasteiger partial charge >= 0.3 is 5.97 Å². The van der Waals surface area contributed by atoms with E-state index in [1.54, 1.807) is 6.20 Å². The molecule has 0 saturated carbocycles. The number of aryl methyl sites for hydroxylation is 1. The van der Waals surface area contributed by atoms with Gasteiger partial charge in [0.1, 0.15) is 5.52 Å². The van der Waals surface area contributed by atoms with Gasteiger partial charge in [-0.15, -0.1) is 0 Å². The fraction of sp³-hybridized carbons (Fsp3) is 0.368. The fourth-order valence-corrected chi connectivity index (χ4v) is 3.01. The highest BCUT2D eigenvalue weighted by Gasteiger charge is 2.14. The Morgan fingerprint density at radius 2 is 2.00 bits per heavy atom. The molecule has 0 atom stereocenters. The van der Waals surface area contributed by atoms with Gasteiger partial charge in [0.15, 0.2) is 5.75 Å². The van der Waals surface area contributed by atoms with Crippen molar-refractivity contribution in [2.75, 3.05) is 0 Å². The number of rotatable bonds is 6. The number of fused-ring (bicyclic) bond motifs is 3. The first-order valence-corrected chi connectivity index (χ1v) is 8.27. The summed E-state index contributed by atoms with van der Waals surface area (Å²) < 4.78 is 7.56. The zero-order valence-corrected chi connectivity index (χ0v) is 13.7. The number of carbonyl (C=O) groups is 1. The zero-order chi connectivity index (χ0) is 16.2. The van der Waals surface area contributed by atoms with Crippen molar-refractivity contribution in [3.63, 3.8) is 0 Å². The molecule has 120 valence electrons. The summed E-state index contributed by atoms with van der Waals surface area (Å²) in [7, 11) is 0. The average molecular weight is 310 g/mol. The van der Waals surface area contributed by atoms with E-state index in [9.17, 15) is 4.79 Å². The van der Waals surface area contributed by atoms with Gasteiger partial charge in [-0.05, 0) is 25.0 Å². The van der Waals surface area contributed by atoms with Gasteiger partial charge in [0.05, 0.1) is 17.2 Å². The number of ether oxygens (including phenoxy) is 1. The van der Waals surface area contributed by atoms with Crippen molar-refractivity contribution in [1.29, 1.82) is 0 Å². The van der Waals surface area contributed by atoms with Crippen LogP contribution in [0.25, 0.3) is 16.6 Å². The number of benzene rings is 1. The highest BCUT2D eigenvalue weighted by molar-refractivity contribution is 5.82. The first-order chi connectivity index (χ1) is 11.2. The minimum absolute atomic E-state index is 0.303. The van der Waals surface area contributed by atoms with E-state index in [4.69, 9.17) is 4.74 Å². The molecule has 0 unspecified atom stereocenters. The molecule has 2 heterocycles. The van der Waals surface area contributed by atoms with Crippen LogP contribution in [0.3, 0.4) is 0 Å². The maximum absolute atomic E-state index is 11.4. The molecule has 4 nitrogen and oxygen atoms in total. The van der Waals surface area contributed by atoms with Crippen molar-refractivity contribution in [1.82, 2.24) is 9.38 Å². The summed E-state index contributed by atoms with van der Waals surface area (Å²) in [5, 5.41) is 0. The van der Waals surface area contributed by atoms with Gasteiger partial charge in [-0.1, -0.05) is 38.3 Å². The van der Waals surface area contributed by atoms with Crippen LogP contribution in [0, 0.1) is 0 Å². The van der Waals surface area contributed by atoms with E-state index < -0.39 is 0 Å². The van der Waals surface area contributed by atoms with Crippen LogP contribution in [0.15, 0.2) is 36.5 Å². The minimum atomic E-state index is -0.303. The molecule has 0 bridgehead atoms. The minimum Gasteiger partial charge on any atom is -0.424 e. The van der Waals surface area contributed by atoms with E-state index >= 15 is 0 Å². The smallest absolute Gasteiger partial charge is 0.308 e. The zero-order valence-electron chi connectivity index (χ0n) is 13.7. The normalized spacial score (nSPS) is 11.2. The number of hydrogen-bond acceptors (Lipinski definition) is 3. The molecule has 0 aliphatic heterocycles. The molecule has 0 saturated heterocycles. The number of esters is 1. The van der Waals surface area contributed by atoms with Crippen molar-refractivity contribution in [2.24, 2.45) is 0 Å². The van der Waals surface area contributed by atoms with Crippen molar-refractivity contribution in [2.45, 2.75) is 46.0 Å². The van der Waals surface area contributed by atoms with Crippen LogP contribution < -0.4 is 4.74 Å². The number of nitrogens with zero attached hydrogens (tertiary/aromatic N) is 2. The summed E-state index contributed by atoms with van der Waals surface area (Å²) in [5.41, 5.74) is 4.02. The van der Waals surface area contributed by atoms with E-state index in [-0.39, 0.29) is 5.97 Å². The maximum Gasteiger partial charge on any atom is 0.308 e. The quantitative estimate of drug-likeness (QED) is 0.496. The second kappa shape index (κ2) is 6.82. The van der Waals surface area contributed by atoms with Crippen LogP contribution in [0.1, 0.15) is 45.2 Å². The highest BCUT2D eigenvalue weighted by atomic mass is 16.5. The second-order valence-corrected chi connectivity index (χ2v) is 5.87. The van der Waals surface area contributed by atoms with Gasteiger partial charge in [-0.25, -0.2) is 0 Å². The van der Waals surface area contributed by atoms with E-state index in [0.29, 0.717) is 5.75 Å². The number of para-hydroxylation sites is 2. The molecule has 23 heavy (non-hydrogen) atoms. The topological polar surface area (TPSA) is 43.6 Å². The largest absolute Gasteiger partial charge is 0.424 e. The van der Waals surface area contributed by atoms with Gasteiger partial charge in [0.2, 0.25) is 0 Å². The Labute approximate surface area is 136 Å². The van der Waals surface area contributed by atoms with Gasteiger partial charge in [0, 0.05) is 18.7 Å². The first-order valence-electron chi connectivity index (χ1n) is 8.27. The Bertz CT molecular complexity index is 836. The molecule has 0 amide bonds. The Kier molecular flexibility index (Phi) is 4.60. The van der Waals surface area contributed by atoms with Crippen LogP contribution in [0.4, 0.5) is 0 Å². The fourth-order valence-electron chi connectivity index (χ4n) is 3.01. The number of carbonyl (C=O) groups excluding carboxylic acids is 1. The molecular weight excluding hydrogens is 288 g/mol. The van der Waals surface area contributed by atoms with Crippen molar-refractivity contribution < 1.29 is 9.53 Å². The molecular formula is C19H22N2O2. The lowest BCUT2D eigenvalue weighted by Gasteiger charge is -2.07. The lowest BCUT2D eigenvalue weighted by molar-refractivity contribution is -0.131. The first kappa shape index (κ1) is 15.5. The van der Waals surface area contributed by atoms with Crippen molar-refractivity contribution in [3.05, 3.63) is 42.2 Å². The molecule has 3 rings (SSSR count). The number of aromatic nitrogens is 2. The molecule has 4 heteroatoms. The molecule has 0 aliphatic carbocycles. The number of hydrogen-bond donors (Lipinski definition) is 0. The second-order valence-electron chi connectivity index (χ2n) is 5.87. The summed E-state index contributed by atoms with van der Waals surface area (Å²) in [4.78, 5) is 15.9. The van der Waals surface area contributed by atoms with Gasteiger partial charge in [-0.3, -0.25) is 9.78 Å². The Hall–Kier alpha value is -2.36. The standard InChI is InChI=1S/C19H22N2O2/c1-3-4-5-6-9-15-12-19(23-14(2)22)18-13-20-16-10-7-8-11-17(16)21(15)18/h7-8,10-13H,3-6,9H2,1-2H3. The summed E-state index contributed by atoms with van der Waals surface area (Å²) >= 11 is 0. The lowest BCUT2D eigenvalue weighted by Crippen LogP contribution is -2.01. The molecule has 0 spiro atoms. The van der Waals surface area contributed by atoms with Crippen LogP contribution in [0.2, 0.25) is 0 Å². The summed E-state index contributed by atoms with van der Waals surface area (Å²) in [6.45, 7) is 3.64. The third-order valence-corrected chi connectivity index (χ3v) is 4.07. The summed E-state index contributed by atoms with van der Waals surface area (Å²) in [6, 6.07) is 10.0. The predicted octanol–water partition coefficient (Wildman–Crippen LogP) is 4.54. The van der Waals surface area contributed by atoms with Crippen LogP contribution in [-0.2, 0) is 11.2 Å². The highest BCUT2D eigenvalue weighted by Crippen LogP contribution is 2.29. The van der Waals surface area contributed by atoms with Crippen molar-refractivity contribution in [3.8, 4) is 5.75 Å². The van der Waals surface area contributed by atoms with Gasteiger partial charge < -0.3 is 9.14 Å². The lowest BCUT2D eigenvalue weighted by atomic mass is 10.1. The predicted molar refractivity (Wildman–Crippen MR) is 91.9 cm³/mol. The molecule has 0 N–H and O–H groups in total. The van der Waals surface area contributed by atoms with Gasteiger partial charge in [-0.2, -0.15) is 0 Å². The maximum atomic E-state index is 11.4. The van der Waals surface area contributed by atoms with Crippen molar-refractivity contribution >= 4 is 22.5 Å². The third-order valence-electron chi connectivity index (χ3n) is 4.07. The van der Waals surface area contributed by atoms with E-state index in [0.717, 1.165) is 29.4 Å². The molecule has 0 aliphatic rings. The molecule has 2 aromatic heterocycles. The molecule has 0 radical (unpaired) electrons. The van der Waals surface area contributed by atoms with E-state index in [1.165, 1.54) is 31.9 Å². The van der Waals surface area contributed by atoms with E-state index in [1.807, 2.05) is 24.3 Å². The monoisotopic (exact) mass is 310 g/mol. The Morgan fingerprint density at radius 1 is 1.17 bits per heavy atom. The molecule has 1 aromatic carbocycles. The van der Waals surface area contributed by atoms with E-state index in [2.05, 4.69) is 22.4 Å². The molecule has 0 fully saturated rings. The van der Waals surface area contributed by atoms with Crippen LogP contribution in [0.5, 0.6) is 5.75 Å². The third kappa shape index (κ3) is 3.21. The SMILES string of the molecule is CCCCCCc1cc(OC(C)=O)c2cnc3ccccc3n12. The Balaban J connectivity index is 2.08. The van der Waals surface area contributed by atoms with Gasteiger partial charge in [0.25, 0.3) is 0 Å². The number of unbranched alkanes of at least 4 members (excludes halogenated alkanes) is 3. The van der Waals surface area contributed by atoms with Crippen LogP contribution in [-0.4, -0.2) is 15.4 Å². The Morgan fingerprint density at radius 3 is 2.78 bits per heavy atom. The summed E-state index contributed by atoms with van der Waals surface area (Å²) in [5.74, 6) is 0.296. The van der Waals surface area contributed by atoms with Crippen LogP contribution >= 0.6 is 0 Å². The molecule has 3 aromatic rings.